The number of hydrogen-bond acceptors (Lipinski definition) is 5. The Hall–Kier alpha value is -2.61. The van der Waals surface area contributed by atoms with Crippen molar-refractivity contribution >= 4 is 23.4 Å². The Bertz CT molecular complexity index is 888. The van der Waals surface area contributed by atoms with Gasteiger partial charge in [-0.15, -0.1) is 10.2 Å². The highest BCUT2D eigenvalue weighted by Gasteiger charge is 2.20. The molecule has 0 aliphatic rings. The topological polar surface area (TPSA) is 72.9 Å². The highest BCUT2D eigenvalue weighted by molar-refractivity contribution is 8.00. The quantitative estimate of drug-likeness (QED) is 0.703. The summed E-state index contributed by atoms with van der Waals surface area (Å²) in [5.74, 6) is 0.899. The molecule has 0 aliphatic heterocycles. The van der Waals surface area contributed by atoms with Gasteiger partial charge in [0.15, 0.2) is 11.0 Å². The monoisotopic (exact) mass is 360 g/mol. The molecule has 6 nitrogen and oxygen atoms in total. The summed E-state index contributed by atoms with van der Waals surface area (Å²) in [6, 6.07) is 7.48. The molecule has 0 fully saturated rings. The summed E-state index contributed by atoms with van der Waals surface area (Å²) >= 11 is 1.30. The summed E-state index contributed by atoms with van der Waals surface area (Å²) in [5.41, 5.74) is 1.41. The van der Waals surface area contributed by atoms with E-state index in [2.05, 4.69) is 15.5 Å². The van der Waals surface area contributed by atoms with Gasteiger partial charge in [-0.1, -0.05) is 11.8 Å². The molecule has 25 heavy (non-hydrogen) atoms. The minimum atomic E-state index is -0.397. The lowest BCUT2D eigenvalue weighted by Gasteiger charge is -2.11. The predicted octanol–water partition coefficient (Wildman–Crippen LogP) is 3.64. The van der Waals surface area contributed by atoms with Crippen molar-refractivity contribution in [3.05, 3.63) is 48.2 Å². The number of amides is 1. The molecular formula is C17H17FN4O2S. The van der Waals surface area contributed by atoms with E-state index < -0.39 is 5.25 Å². The van der Waals surface area contributed by atoms with Crippen molar-refractivity contribution in [1.29, 1.82) is 0 Å². The highest BCUT2D eigenvalue weighted by Crippen LogP contribution is 2.28. The summed E-state index contributed by atoms with van der Waals surface area (Å²) in [6.07, 6.45) is 1.60. The van der Waals surface area contributed by atoms with Crippen molar-refractivity contribution in [3.63, 3.8) is 0 Å². The zero-order valence-corrected chi connectivity index (χ0v) is 14.8. The first-order valence-electron chi connectivity index (χ1n) is 7.62. The predicted molar refractivity (Wildman–Crippen MR) is 93.8 cm³/mol. The number of anilines is 1. The molecule has 3 aromatic rings. The first-order valence-corrected chi connectivity index (χ1v) is 8.50. The van der Waals surface area contributed by atoms with Crippen LogP contribution in [0.25, 0.3) is 11.4 Å². The van der Waals surface area contributed by atoms with Crippen LogP contribution in [-0.4, -0.2) is 25.9 Å². The summed E-state index contributed by atoms with van der Waals surface area (Å²) < 4.78 is 20.0. The van der Waals surface area contributed by atoms with Crippen LogP contribution < -0.4 is 5.32 Å². The van der Waals surface area contributed by atoms with Crippen LogP contribution in [0.4, 0.5) is 10.1 Å². The Morgan fingerprint density at radius 3 is 2.64 bits per heavy atom. The van der Waals surface area contributed by atoms with Gasteiger partial charge in [-0.2, -0.15) is 0 Å². The molecule has 3 rings (SSSR count). The number of hydrogen-bond donors (Lipinski definition) is 1. The molecule has 0 unspecified atom stereocenters. The van der Waals surface area contributed by atoms with Gasteiger partial charge in [0, 0.05) is 12.7 Å². The van der Waals surface area contributed by atoms with E-state index in [-0.39, 0.29) is 11.7 Å². The lowest BCUT2D eigenvalue weighted by molar-refractivity contribution is -0.115. The number of carbonyl (C=O) groups is 1. The van der Waals surface area contributed by atoms with Crippen LogP contribution >= 0.6 is 11.8 Å². The van der Waals surface area contributed by atoms with Crippen LogP contribution in [0.15, 0.2) is 46.2 Å². The van der Waals surface area contributed by atoms with Gasteiger partial charge < -0.3 is 14.3 Å². The van der Waals surface area contributed by atoms with Crippen molar-refractivity contribution in [2.45, 2.75) is 24.3 Å². The average Bonchev–Trinajstić information content (AvgIpc) is 3.16. The summed E-state index contributed by atoms with van der Waals surface area (Å²) in [5, 5.41) is 11.3. The molecule has 2 heterocycles. The van der Waals surface area contributed by atoms with E-state index in [1.165, 1.54) is 36.0 Å². The van der Waals surface area contributed by atoms with E-state index in [0.717, 1.165) is 11.3 Å². The van der Waals surface area contributed by atoms with Crippen molar-refractivity contribution in [3.8, 4) is 11.4 Å². The zero-order valence-electron chi connectivity index (χ0n) is 14.0. The van der Waals surface area contributed by atoms with Crippen molar-refractivity contribution in [2.75, 3.05) is 5.32 Å². The maximum Gasteiger partial charge on any atom is 0.237 e. The van der Waals surface area contributed by atoms with Gasteiger partial charge in [0.1, 0.15) is 11.6 Å². The van der Waals surface area contributed by atoms with Crippen LogP contribution in [0.3, 0.4) is 0 Å². The van der Waals surface area contributed by atoms with Gasteiger partial charge in [-0.05, 0) is 44.2 Å². The molecule has 1 aromatic carbocycles. The Balaban J connectivity index is 1.69. The third-order valence-electron chi connectivity index (χ3n) is 3.70. The number of halogens is 1. The number of nitrogens with one attached hydrogen (secondary N) is 1. The van der Waals surface area contributed by atoms with Gasteiger partial charge in [0.2, 0.25) is 5.91 Å². The second-order valence-electron chi connectivity index (χ2n) is 5.51. The number of nitrogens with zero attached hydrogens (tertiary/aromatic N) is 3. The number of thioether (sulfide) groups is 1. The minimum Gasteiger partial charge on any atom is -0.469 e. The summed E-state index contributed by atoms with van der Waals surface area (Å²) in [6.45, 7) is 3.64. The largest absolute Gasteiger partial charge is 0.469 e. The Labute approximate surface area is 148 Å². The van der Waals surface area contributed by atoms with Crippen LogP contribution in [0, 0.1) is 12.7 Å². The van der Waals surface area contributed by atoms with E-state index in [9.17, 15) is 9.18 Å². The molecule has 130 valence electrons. The normalized spacial score (nSPS) is 12.2. The SMILES string of the molecule is Cc1occc1-c1nnc(S[C@H](C)C(=O)Nc2ccc(F)cc2)n1C. The average molecular weight is 360 g/mol. The molecule has 1 atom stereocenters. The first kappa shape index (κ1) is 17.2. The van der Waals surface area contributed by atoms with Gasteiger partial charge >= 0.3 is 0 Å². The number of aromatic nitrogens is 3. The molecule has 1 amide bonds. The van der Waals surface area contributed by atoms with E-state index in [0.29, 0.717) is 16.7 Å². The molecule has 0 spiro atoms. The van der Waals surface area contributed by atoms with Gasteiger partial charge in [0.05, 0.1) is 17.1 Å². The molecule has 0 bridgehead atoms. The summed E-state index contributed by atoms with van der Waals surface area (Å²) in [4.78, 5) is 12.3. The maximum absolute atomic E-state index is 12.9. The van der Waals surface area contributed by atoms with E-state index in [1.54, 1.807) is 13.2 Å². The number of aryl methyl sites for hydroxylation is 1. The molecule has 1 N–H and O–H groups in total. The van der Waals surface area contributed by atoms with Crippen LogP contribution in [0.1, 0.15) is 12.7 Å². The maximum atomic E-state index is 12.9. The second-order valence-corrected chi connectivity index (χ2v) is 6.82. The number of carbonyl (C=O) groups excluding carboxylic acids is 1. The van der Waals surface area contributed by atoms with Crippen LogP contribution in [0.5, 0.6) is 0 Å². The second kappa shape index (κ2) is 7.10. The first-order chi connectivity index (χ1) is 12.0. The lowest BCUT2D eigenvalue weighted by atomic mass is 10.2. The van der Waals surface area contributed by atoms with Crippen molar-refractivity contribution in [2.24, 2.45) is 7.05 Å². The third-order valence-corrected chi connectivity index (χ3v) is 4.83. The fourth-order valence-electron chi connectivity index (χ4n) is 2.26. The van der Waals surface area contributed by atoms with Gasteiger partial charge in [-0.25, -0.2) is 4.39 Å². The lowest BCUT2D eigenvalue weighted by Crippen LogP contribution is -2.22. The molecule has 8 heteroatoms. The summed E-state index contributed by atoms with van der Waals surface area (Å²) in [7, 11) is 1.84. The van der Waals surface area contributed by atoms with E-state index in [4.69, 9.17) is 4.42 Å². The molecule has 2 aromatic heterocycles. The number of furan rings is 1. The fourth-order valence-corrected chi connectivity index (χ4v) is 3.07. The molecular weight excluding hydrogens is 343 g/mol. The fraction of sp³-hybridized carbons (Fsp3) is 0.235. The standard InChI is InChI=1S/C17H17FN4O2S/c1-10-14(8-9-24-10)15-20-21-17(22(15)3)25-11(2)16(23)19-13-6-4-12(18)5-7-13/h4-9,11H,1-3H3,(H,19,23)/t11-/m1/s1. The van der Waals surface area contributed by atoms with Gasteiger partial charge in [-0.3, -0.25) is 4.79 Å². The van der Waals surface area contributed by atoms with Gasteiger partial charge in [0.25, 0.3) is 0 Å². The van der Waals surface area contributed by atoms with Crippen molar-refractivity contribution in [1.82, 2.24) is 14.8 Å². The smallest absolute Gasteiger partial charge is 0.237 e. The molecule has 0 saturated carbocycles. The third kappa shape index (κ3) is 3.74. The Morgan fingerprint density at radius 1 is 1.28 bits per heavy atom. The number of rotatable bonds is 5. The molecule has 0 radical (unpaired) electrons. The van der Waals surface area contributed by atoms with E-state index in [1.807, 2.05) is 24.6 Å². The van der Waals surface area contributed by atoms with Crippen LogP contribution in [-0.2, 0) is 11.8 Å². The number of benzene rings is 1. The zero-order chi connectivity index (χ0) is 18.0. The minimum absolute atomic E-state index is 0.194. The van der Waals surface area contributed by atoms with E-state index >= 15 is 0 Å². The Kier molecular flexibility index (Phi) is 4.89. The van der Waals surface area contributed by atoms with Crippen LogP contribution in [0.2, 0.25) is 0 Å². The van der Waals surface area contributed by atoms with Crippen molar-refractivity contribution < 1.29 is 13.6 Å². The molecule has 0 aliphatic carbocycles. The Morgan fingerprint density at radius 2 is 2.00 bits per heavy atom. The molecule has 0 saturated heterocycles. The highest BCUT2D eigenvalue weighted by atomic mass is 32.2.